The van der Waals surface area contributed by atoms with E-state index in [1.165, 1.54) is 4.88 Å². The van der Waals surface area contributed by atoms with Crippen molar-refractivity contribution < 1.29 is 4.74 Å². The molecule has 130 valence electrons. The van der Waals surface area contributed by atoms with Crippen molar-refractivity contribution in [1.82, 2.24) is 9.97 Å². The summed E-state index contributed by atoms with van der Waals surface area (Å²) in [4.78, 5) is 14.5. The van der Waals surface area contributed by atoms with Gasteiger partial charge in [-0.1, -0.05) is 24.3 Å². The number of morpholine rings is 1. The fraction of sp³-hybridized carbons (Fsp3) is 0.200. The van der Waals surface area contributed by atoms with E-state index in [-0.39, 0.29) is 6.10 Å². The summed E-state index contributed by atoms with van der Waals surface area (Å²) in [5.74, 6) is 1.80. The molecule has 26 heavy (non-hydrogen) atoms. The van der Waals surface area contributed by atoms with E-state index >= 15 is 0 Å². The average molecular weight is 380 g/mol. The van der Waals surface area contributed by atoms with Crippen molar-refractivity contribution in [2.24, 2.45) is 0 Å². The molecular formula is C20H17N3OS2. The maximum atomic E-state index is 6.02. The zero-order valence-electron chi connectivity index (χ0n) is 14.0. The first-order valence-corrected chi connectivity index (χ1v) is 10.3. The number of hydrogen-bond donors (Lipinski definition) is 0. The molecule has 4 heterocycles. The van der Waals surface area contributed by atoms with E-state index in [0.717, 1.165) is 40.5 Å². The fourth-order valence-electron chi connectivity index (χ4n) is 3.31. The van der Waals surface area contributed by atoms with Gasteiger partial charge in [0.2, 0.25) is 0 Å². The molecule has 1 atom stereocenters. The summed E-state index contributed by atoms with van der Waals surface area (Å²) in [5, 5.41) is 5.27. The first kappa shape index (κ1) is 15.9. The highest BCUT2D eigenvalue weighted by atomic mass is 32.1. The summed E-state index contributed by atoms with van der Waals surface area (Å²) in [6.07, 6.45) is 0.0997. The molecule has 1 aromatic carbocycles. The zero-order valence-corrected chi connectivity index (χ0v) is 15.7. The Balaban J connectivity index is 1.59. The number of aromatic nitrogens is 2. The van der Waals surface area contributed by atoms with Crippen LogP contribution >= 0.6 is 22.7 Å². The van der Waals surface area contributed by atoms with E-state index in [1.54, 1.807) is 22.7 Å². The molecule has 1 saturated heterocycles. The predicted octanol–water partition coefficient (Wildman–Crippen LogP) is 5.00. The van der Waals surface area contributed by atoms with Crippen molar-refractivity contribution >= 4 is 39.4 Å². The molecule has 4 nitrogen and oxygen atoms in total. The van der Waals surface area contributed by atoms with Gasteiger partial charge in [-0.15, -0.1) is 22.7 Å². The molecule has 1 aliphatic heterocycles. The normalized spacial score (nSPS) is 17.7. The first-order valence-electron chi connectivity index (χ1n) is 8.59. The number of thiophene rings is 2. The van der Waals surface area contributed by atoms with Gasteiger partial charge in [-0.2, -0.15) is 0 Å². The van der Waals surface area contributed by atoms with Gasteiger partial charge in [0, 0.05) is 16.8 Å². The number of para-hydroxylation sites is 1. The van der Waals surface area contributed by atoms with Crippen LogP contribution in [-0.4, -0.2) is 29.7 Å². The first-order chi connectivity index (χ1) is 12.9. The molecule has 0 saturated carbocycles. The van der Waals surface area contributed by atoms with E-state index in [4.69, 9.17) is 14.7 Å². The van der Waals surface area contributed by atoms with Crippen LogP contribution < -0.4 is 4.90 Å². The molecule has 6 heteroatoms. The van der Waals surface area contributed by atoms with Crippen LogP contribution in [-0.2, 0) is 4.74 Å². The lowest BCUT2D eigenvalue weighted by Gasteiger charge is -2.34. The third-order valence-electron chi connectivity index (χ3n) is 4.55. The SMILES string of the molecule is c1csc(-c2nc(N3CCOC(c4cccs4)C3)c3ccccc3n2)c1. The van der Waals surface area contributed by atoms with Crippen LogP contribution in [0.3, 0.4) is 0 Å². The number of anilines is 1. The highest BCUT2D eigenvalue weighted by Crippen LogP contribution is 2.33. The summed E-state index contributed by atoms with van der Waals surface area (Å²) in [7, 11) is 0. The van der Waals surface area contributed by atoms with Crippen LogP contribution in [0.2, 0.25) is 0 Å². The molecule has 0 aliphatic carbocycles. The van der Waals surface area contributed by atoms with Gasteiger partial charge >= 0.3 is 0 Å². The number of benzene rings is 1. The van der Waals surface area contributed by atoms with Gasteiger partial charge in [-0.25, -0.2) is 9.97 Å². The third kappa shape index (κ3) is 2.90. The van der Waals surface area contributed by atoms with E-state index < -0.39 is 0 Å². The summed E-state index contributed by atoms with van der Waals surface area (Å²) < 4.78 is 6.02. The van der Waals surface area contributed by atoms with E-state index in [2.05, 4.69) is 52.1 Å². The molecule has 0 amide bonds. The van der Waals surface area contributed by atoms with Crippen LogP contribution in [0.1, 0.15) is 11.0 Å². The molecule has 0 radical (unpaired) electrons. The molecular weight excluding hydrogens is 362 g/mol. The Morgan fingerprint density at radius 1 is 0.962 bits per heavy atom. The molecule has 0 spiro atoms. The summed E-state index contributed by atoms with van der Waals surface area (Å²) in [6.45, 7) is 2.35. The van der Waals surface area contributed by atoms with Gasteiger partial charge < -0.3 is 9.64 Å². The standard InChI is InChI=1S/C20H17N3OS2/c1-2-6-15-14(5-1)20(22-19(21-15)18-8-4-12-26-18)23-9-10-24-16(13-23)17-7-3-11-25-17/h1-8,11-12,16H,9-10,13H2. The van der Waals surface area contributed by atoms with Crippen LogP contribution in [0.25, 0.3) is 21.6 Å². The minimum Gasteiger partial charge on any atom is -0.369 e. The third-order valence-corrected chi connectivity index (χ3v) is 6.38. The summed E-state index contributed by atoms with van der Waals surface area (Å²) in [6, 6.07) is 16.6. The lowest BCUT2D eigenvalue weighted by atomic mass is 10.2. The monoisotopic (exact) mass is 379 g/mol. The quantitative estimate of drug-likeness (QED) is 0.502. The average Bonchev–Trinajstić information content (AvgIpc) is 3.41. The van der Waals surface area contributed by atoms with Gasteiger partial charge in [0.1, 0.15) is 11.9 Å². The van der Waals surface area contributed by atoms with Crippen molar-refractivity contribution in [2.75, 3.05) is 24.6 Å². The largest absolute Gasteiger partial charge is 0.369 e. The van der Waals surface area contributed by atoms with Gasteiger partial charge in [0.15, 0.2) is 5.82 Å². The minimum absolute atomic E-state index is 0.0997. The van der Waals surface area contributed by atoms with Crippen LogP contribution in [0, 0.1) is 0 Å². The summed E-state index contributed by atoms with van der Waals surface area (Å²) >= 11 is 3.42. The predicted molar refractivity (Wildman–Crippen MR) is 108 cm³/mol. The Labute approximate surface area is 159 Å². The van der Waals surface area contributed by atoms with Gasteiger partial charge in [0.25, 0.3) is 0 Å². The molecule has 0 N–H and O–H groups in total. The number of rotatable bonds is 3. The van der Waals surface area contributed by atoms with Gasteiger partial charge in [-0.05, 0) is 35.0 Å². The molecule has 5 rings (SSSR count). The minimum atomic E-state index is 0.0997. The van der Waals surface area contributed by atoms with Crippen molar-refractivity contribution in [3.05, 3.63) is 64.2 Å². The van der Waals surface area contributed by atoms with E-state index in [1.807, 2.05) is 12.1 Å². The number of hydrogen-bond acceptors (Lipinski definition) is 6. The second-order valence-electron chi connectivity index (χ2n) is 6.19. The smallest absolute Gasteiger partial charge is 0.172 e. The highest BCUT2D eigenvalue weighted by Gasteiger charge is 2.25. The van der Waals surface area contributed by atoms with Gasteiger partial charge in [-0.3, -0.25) is 0 Å². The topological polar surface area (TPSA) is 38.2 Å². The van der Waals surface area contributed by atoms with Crippen LogP contribution in [0.4, 0.5) is 5.82 Å². The molecule has 0 bridgehead atoms. The van der Waals surface area contributed by atoms with Crippen LogP contribution in [0.15, 0.2) is 59.3 Å². The number of ether oxygens (including phenoxy) is 1. The van der Waals surface area contributed by atoms with Crippen LogP contribution in [0.5, 0.6) is 0 Å². The van der Waals surface area contributed by atoms with E-state index in [0.29, 0.717) is 6.61 Å². The lowest BCUT2D eigenvalue weighted by Crippen LogP contribution is -2.38. The Morgan fingerprint density at radius 3 is 2.69 bits per heavy atom. The Bertz CT molecular complexity index is 1010. The molecule has 1 unspecified atom stereocenters. The van der Waals surface area contributed by atoms with E-state index in [9.17, 15) is 0 Å². The Hall–Kier alpha value is -2.28. The maximum Gasteiger partial charge on any atom is 0.172 e. The molecule has 3 aromatic heterocycles. The fourth-order valence-corrected chi connectivity index (χ4v) is 4.73. The van der Waals surface area contributed by atoms with Gasteiger partial charge in [0.05, 0.1) is 23.5 Å². The second kappa shape index (κ2) is 6.79. The zero-order chi connectivity index (χ0) is 17.3. The number of nitrogens with zero attached hydrogens (tertiary/aromatic N) is 3. The van der Waals surface area contributed by atoms with Crippen molar-refractivity contribution in [3.8, 4) is 10.7 Å². The molecule has 1 aliphatic rings. The molecule has 1 fully saturated rings. The van der Waals surface area contributed by atoms with Crippen molar-refractivity contribution in [3.63, 3.8) is 0 Å². The molecule has 4 aromatic rings. The maximum absolute atomic E-state index is 6.02. The lowest BCUT2D eigenvalue weighted by molar-refractivity contribution is 0.0419. The Morgan fingerprint density at radius 2 is 1.85 bits per heavy atom. The second-order valence-corrected chi connectivity index (χ2v) is 8.11. The van der Waals surface area contributed by atoms with Crippen molar-refractivity contribution in [1.29, 1.82) is 0 Å². The number of fused-ring (bicyclic) bond motifs is 1. The summed E-state index contributed by atoms with van der Waals surface area (Å²) in [5.41, 5.74) is 0.986. The van der Waals surface area contributed by atoms with Crippen molar-refractivity contribution in [2.45, 2.75) is 6.10 Å². The Kier molecular flexibility index (Phi) is 4.16. The highest BCUT2D eigenvalue weighted by molar-refractivity contribution is 7.13.